The number of para-hydroxylation sites is 2. The fourth-order valence-corrected chi connectivity index (χ4v) is 2.28. The molecule has 0 amide bonds. The average Bonchev–Trinajstić information content (AvgIpc) is 2.77. The molecular formula is C13H15NO2S. The third-order valence-corrected chi connectivity index (χ3v) is 3.62. The van der Waals surface area contributed by atoms with Gasteiger partial charge >= 0.3 is 0 Å². The van der Waals surface area contributed by atoms with Crippen molar-refractivity contribution in [3.8, 4) is 0 Å². The van der Waals surface area contributed by atoms with Crippen molar-refractivity contribution >= 4 is 28.6 Å². The minimum atomic E-state index is 0.117. The van der Waals surface area contributed by atoms with Gasteiger partial charge in [0.25, 0.3) is 5.22 Å². The number of Topliss-reactive ketones (excluding diaryl/α,β-unsaturated/α-hetero) is 1. The molecular weight excluding hydrogens is 234 g/mol. The van der Waals surface area contributed by atoms with Crippen LogP contribution in [0.15, 0.2) is 33.9 Å². The maximum Gasteiger partial charge on any atom is 0.257 e. The van der Waals surface area contributed by atoms with E-state index >= 15 is 0 Å². The zero-order chi connectivity index (χ0) is 12.3. The largest absolute Gasteiger partial charge is 0.431 e. The number of thioether (sulfide) groups is 1. The highest BCUT2D eigenvalue weighted by Gasteiger charge is 2.13. The Morgan fingerprint density at radius 1 is 1.47 bits per heavy atom. The lowest BCUT2D eigenvalue weighted by Crippen LogP contribution is -2.12. The van der Waals surface area contributed by atoms with Crippen LogP contribution in [0.4, 0.5) is 0 Å². The molecule has 0 radical (unpaired) electrons. The summed E-state index contributed by atoms with van der Waals surface area (Å²) in [6.07, 6.45) is 0.882. The number of hydrogen-bond donors (Lipinski definition) is 0. The number of rotatable bonds is 5. The molecule has 90 valence electrons. The van der Waals surface area contributed by atoms with Gasteiger partial charge in [-0.1, -0.05) is 37.7 Å². The van der Waals surface area contributed by atoms with Crippen molar-refractivity contribution in [3.05, 3.63) is 24.3 Å². The van der Waals surface area contributed by atoms with Gasteiger partial charge in [-0.2, -0.15) is 0 Å². The van der Waals surface area contributed by atoms with Crippen molar-refractivity contribution in [2.75, 3.05) is 5.75 Å². The topological polar surface area (TPSA) is 43.1 Å². The van der Waals surface area contributed by atoms with Crippen LogP contribution in [0.5, 0.6) is 0 Å². The van der Waals surface area contributed by atoms with Crippen LogP contribution in [0.2, 0.25) is 0 Å². The Morgan fingerprint density at radius 2 is 2.24 bits per heavy atom. The van der Waals surface area contributed by atoms with E-state index in [2.05, 4.69) is 4.98 Å². The van der Waals surface area contributed by atoms with E-state index in [4.69, 9.17) is 4.42 Å². The molecule has 0 aliphatic rings. The summed E-state index contributed by atoms with van der Waals surface area (Å²) in [4.78, 5) is 16.0. The van der Waals surface area contributed by atoms with E-state index in [0.29, 0.717) is 11.0 Å². The zero-order valence-electron chi connectivity index (χ0n) is 9.97. The summed E-state index contributed by atoms with van der Waals surface area (Å²) in [6, 6.07) is 7.61. The number of ketones is 1. The average molecular weight is 249 g/mol. The van der Waals surface area contributed by atoms with Gasteiger partial charge in [0, 0.05) is 5.92 Å². The van der Waals surface area contributed by atoms with Gasteiger partial charge in [-0.25, -0.2) is 4.98 Å². The third kappa shape index (κ3) is 2.88. The van der Waals surface area contributed by atoms with Gasteiger partial charge in [-0.05, 0) is 18.6 Å². The highest BCUT2D eigenvalue weighted by molar-refractivity contribution is 7.99. The van der Waals surface area contributed by atoms with Crippen molar-refractivity contribution in [2.24, 2.45) is 5.92 Å². The summed E-state index contributed by atoms with van der Waals surface area (Å²) in [6.45, 7) is 3.97. The second kappa shape index (κ2) is 5.36. The van der Waals surface area contributed by atoms with Crippen molar-refractivity contribution in [1.82, 2.24) is 4.98 Å². The predicted octanol–water partition coefficient (Wildman–Crippen LogP) is 3.54. The first-order valence-corrected chi connectivity index (χ1v) is 6.70. The van der Waals surface area contributed by atoms with Crippen LogP contribution in [0, 0.1) is 5.92 Å². The number of aromatic nitrogens is 1. The summed E-state index contributed by atoms with van der Waals surface area (Å²) >= 11 is 1.37. The Labute approximate surface area is 105 Å². The van der Waals surface area contributed by atoms with E-state index in [0.717, 1.165) is 17.5 Å². The Hall–Kier alpha value is -1.29. The molecule has 0 bridgehead atoms. The third-order valence-electron chi connectivity index (χ3n) is 2.77. The van der Waals surface area contributed by atoms with Gasteiger partial charge in [0.1, 0.15) is 11.3 Å². The molecule has 0 spiro atoms. The van der Waals surface area contributed by atoms with E-state index in [1.807, 2.05) is 38.1 Å². The molecule has 4 heteroatoms. The normalized spacial score (nSPS) is 12.8. The van der Waals surface area contributed by atoms with E-state index in [-0.39, 0.29) is 11.7 Å². The Kier molecular flexibility index (Phi) is 3.84. The molecule has 0 N–H and O–H groups in total. The molecule has 1 unspecified atom stereocenters. The summed E-state index contributed by atoms with van der Waals surface area (Å²) in [5, 5.41) is 0.572. The predicted molar refractivity (Wildman–Crippen MR) is 69.2 cm³/mol. The number of carbonyl (C=O) groups excluding carboxylic acids is 1. The maximum atomic E-state index is 11.7. The van der Waals surface area contributed by atoms with Gasteiger partial charge in [-0.3, -0.25) is 4.79 Å². The van der Waals surface area contributed by atoms with E-state index in [1.165, 1.54) is 11.8 Å². The summed E-state index contributed by atoms with van der Waals surface area (Å²) in [5.41, 5.74) is 1.61. The first kappa shape index (κ1) is 12.2. The molecule has 2 aromatic rings. The van der Waals surface area contributed by atoms with Crippen molar-refractivity contribution in [1.29, 1.82) is 0 Å². The Morgan fingerprint density at radius 3 is 2.94 bits per heavy atom. The van der Waals surface area contributed by atoms with Crippen molar-refractivity contribution in [2.45, 2.75) is 25.5 Å². The van der Waals surface area contributed by atoms with Crippen LogP contribution in [0.3, 0.4) is 0 Å². The lowest BCUT2D eigenvalue weighted by Gasteiger charge is -2.04. The Bertz CT molecular complexity index is 488. The van der Waals surface area contributed by atoms with Crippen LogP contribution in [0.25, 0.3) is 11.1 Å². The molecule has 0 saturated carbocycles. The SMILES string of the molecule is CCC(C)C(=O)CSc1nc2ccccc2o1. The maximum absolute atomic E-state index is 11.7. The fraction of sp³-hybridized carbons (Fsp3) is 0.385. The molecule has 0 aliphatic heterocycles. The molecule has 1 heterocycles. The molecule has 1 aromatic heterocycles. The zero-order valence-corrected chi connectivity index (χ0v) is 10.8. The lowest BCUT2D eigenvalue weighted by atomic mass is 10.1. The highest BCUT2D eigenvalue weighted by atomic mass is 32.2. The van der Waals surface area contributed by atoms with Gasteiger partial charge < -0.3 is 4.42 Å². The molecule has 0 aliphatic carbocycles. The molecule has 1 aromatic carbocycles. The van der Waals surface area contributed by atoms with Crippen LogP contribution in [-0.4, -0.2) is 16.5 Å². The van der Waals surface area contributed by atoms with Gasteiger partial charge in [0.05, 0.1) is 5.75 Å². The molecule has 2 rings (SSSR count). The molecule has 17 heavy (non-hydrogen) atoms. The first-order chi connectivity index (χ1) is 8.20. The van der Waals surface area contributed by atoms with Gasteiger partial charge in [-0.15, -0.1) is 0 Å². The van der Waals surface area contributed by atoms with Crippen LogP contribution in [-0.2, 0) is 4.79 Å². The number of carbonyl (C=O) groups is 1. The monoisotopic (exact) mass is 249 g/mol. The second-order valence-corrected chi connectivity index (χ2v) is 4.94. The number of fused-ring (bicyclic) bond motifs is 1. The number of hydrogen-bond acceptors (Lipinski definition) is 4. The smallest absolute Gasteiger partial charge is 0.257 e. The van der Waals surface area contributed by atoms with Crippen molar-refractivity contribution in [3.63, 3.8) is 0 Å². The molecule has 3 nitrogen and oxygen atoms in total. The standard InChI is InChI=1S/C13H15NO2S/c1-3-9(2)11(15)8-17-13-14-10-6-4-5-7-12(10)16-13/h4-7,9H,3,8H2,1-2H3. The summed E-state index contributed by atoms with van der Waals surface area (Å²) in [7, 11) is 0. The molecule has 0 saturated heterocycles. The number of oxazole rings is 1. The van der Waals surface area contributed by atoms with E-state index in [1.54, 1.807) is 0 Å². The van der Waals surface area contributed by atoms with Gasteiger partial charge in [0.2, 0.25) is 0 Å². The minimum Gasteiger partial charge on any atom is -0.431 e. The minimum absolute atomic E-state index is 0.117. The van der Waals surface area contributed by atoms with Crippen LogP contribution >= 0.6 is 11.8 Å². The van der Waals surface area contributed by atoms with Crippen LogP contribution in [0.1, 0.15) is 20.3 Å². The molecule has 0 fully saturated rings. The Balaban J connectivity index is 2.02. The second-order valence-electron chi connectivity index (χ2n) is 4.01. The van der Waals surface area contributed by atoms with Crippen LogP contribution < -0.4 is 0 Å². The van der Waals surface area contributed by atoms with E-state index < -0.39 is 0 Å². The van der Waals surface area contributed by atoms with Gasteiger partial charge in [0.15, 0.2) is 5.58 Å². The van der Waals surface area contributed by atoms with E-state index in [9.17, 15) is 4.79 Å². The lowest BCUT2D eigenvalue weighted by molar-refractivity contribution is -0.119. The summed E-state index contributed by atoms with van der Waals surface area (Å²) < 4.78 is 5.53. The quantitative estimate of drug-likeness (QED) is 0.760. The highest BCUT2D eigenvalue weighted by Crippen LogP contribution is 2.23. The number of benzene rings is 1. The number of nitrogens with zero attached hydrogens (tertiary/aromatic N) is 1. The first-order valence-electron chi connectivity index (χ1n) is 5.71. The van der Waals surface area contributed by atoms with Crippen molar-refractivity contribution < 1.29 is 9.21 Å². The summed E-state index contributed by atoms with van der Waals surface area (Å²) in [5.74, 6) is 0.800. The molecule has 1 atom stereocenters. The fourth-order valence-electron chi connectivity index (χ4n) is 1.42.